The lowest BCUT2D eigenvalue weighted by Gasteiger charge is -2.28. The van der Waals surface area contributed by atoms with E-state index in [1.54, 1.807) is 48.5 Å². The van der Waals surface area contributed by atoms with Crippen LogP contribution in [0.3, 0.4) is 0 Å². The van der Waals surface area contributed by atoms with E-state index in [9.17, 15) is 13.2 Å². The van der Waals surface area contributed by atoms with Gasteiger partial charge in [0.15, 0.2) is 0 Å². The number of hydrogen-bond acceptors (Lipinski definition) is 3. The number of rotatable bonds is 6. The van der Waals surface area contributed by atoms with Crippen molar-refractivity contribution in [3.63, 3.8) is 0 Å². The van der Waals surface area contributed by atoms with E-state index in [2.05, 4.69) is 27.3 Å². The average molecular weight is 513 g/mol. The Balaban J connectivity index is 1.62. The number of halogens is 1. The minimum absolute atomic E-state index is 0.110. The SMILES string of the molecule is Cc1ccc(S(=O)(=O)N(CC(=O)N[C@@H]2CCCc3ccccc32)c2ccc(Br)cc2)cc1. The Hall–Kier alpha value is -2.64. The van der Waals surface area contributed by atoms with Crippen LogP contribution in [-0.2, 0) is 21.2 Å². The van der Waals surface area contributed by atoms with Gasteiger partial charge in [0.25, 0.3) is 10.0 Å². The third kappa shape index (κ3) is 4.89. The summed E-state index contributed by atoms with van der Waals surface area (Å²) in [5, 5.41) is 3.07. The van der Waals surface area contributed by atoms with E-state index < -0.39 is 10.0 Å². The van der Waals surface area contributed by atoms with Crippen LogP contribution < -0.4 is 9.62 Å². The van der Waals surface area contributed by atoms with Crippen molar-refractivity contribution >= 4 is 37.5 Å². The van der Waals surface area contributed by atoms with Gasteiger partial charge in [-0.3, -0.25) is 9.10 Å². The minimum Gasteiger partial charge on any atom is -0.348 e. The van der Waals surface area contributed by atoms with Crippen LogP contribution in [0.5, 0.6) is 0 Å². The van der Waals surface area contributed by atoms with Gasteiger partial charge in [-0.05, 0) is 73.7 Å². The van der Waals surface area contributed by atoms with Crippen molar-refractivity contribution in [1.29, 1.82) is 0 Å². The third-order valence-electron chi connectivity index (χ3n) is 5.72. The summed E-state index contributed by atoms with van der Waals surface area (Å²) in [6, 6.07) is 21.6. The molecule has 0 saturated carbocycles. The van der Waals surface area contributed by atoms with Gasteiger partial charge in [0, 0.05) is 4.47 Å². The molecular formula is C25H25BrN2O3S. The van der Waals surface area contributed by atoms with Crippen LogP contribution >= 0.6 is 15.9 Å². The summed E-state index contributed by atoms with van der Waals surface area (Å²) in [7, 11) is -3.92. The molecule has 0 unspecified atom stereocenters. The number of nitrogens with one attached hydrogen (secondary N) is 1. The Kier molecular flexibility index (Phi) is 6.67. The van der Waals surface area contributed by atoms with Gasteiger partial charge in [-0.25, -0.2) is 8.42 Å². The van der Waals surface area contributed by atoms with Crippen LogP contribution in [0.2, 0.25) is 0 Å². The van der Waals surface area contributed by atoms with Crippen molar-refractivity contribution in [2.45, 2.75) is 37.1 Å². The van der Waals surface area contributed by atoms with Crippen molar-refractivity contribution in [3.8, 4) is 0 Å². The highest BCUT2D eigenvalue weighted by Gasteiger charge is 2.29. The van der Waals surface area contributed by atoms with Crippen molar-refractivity contribution in [1.82, 2.24) is 5.32 Å². The standard InChI is InChI=1S/C25H25BrN2O3S/c1-18-9-15-22(16-10-18)32(30,31)28(21-13-11-20(26)12-14-21)17-25(29)27-24-8-4-6-19-5-2-3-7-23(19)24/h2-3,5,7,9-16,24H,4,6,8,17H2,1H3,(H,27,29)/t24-/m1/s1. The van der Waals surface area contributed by atoms with Crippen LogP contribution in [0.1, 0.15) is 35.6 Å². The van der Waals surface area contributed by atoms with Crippen LogP contribution in [-0.4, -0.2) is 20.9 Å². The van der Waals surface area contributed by atoms with Gasteiger partial charge in [-0.2, -0.15) is 0 Å². The van der Waals surface area contributed by atoms with Gasteiger partial charge in [0.1, 0.15) is 6.54 Å². The number of benzene rings is 3. The number of amides is 1. The molecule has 0 heterocycles. The van der Waals surface area contributed by atoms with E-state index in [0.29, 0.717) is 5.69 Å². The largest absolute Gasteiger partial charge is 0.348 e. The van der Waals surface area contributed by atoms with Crippen molar-refractivity contribution in [2.24, 2.45) is 0 Å². The molecule has 7 heteroatoms. The molecule has 1 aliphatic rings. The molecule has 0 radical (unpaired) electrons. The molecule has 0 fully saturated rings. The molecule has 1 N–H and O–H groups in total. The molecule has 0 bridgehead atoms. The predicted molar refractivity (Wildman–Crippen MR) is 130 cm³/mol. The number of carbonyl (C=O) groups excluding carboxylic acids is 1. The molecule has 0 spiro atoms. The average Bonchev–Trinajstić information content (AvgIpc) is 2.79. The van der Waals surface area contributed by atoms with E-state index in [1.807, 2.05) is 25.1 Å². The Morgan fingerprint density at radius 3 is 2.44 bits per heavy atom. The molecule has 166 valence electrons. The zero-order chi connectivity index (χ0) is 22.7. The van der Waals surface area contributed by atoms with Crippen LogP contribution in [0.15, 0.2) is 82.2 Å². The van der Waals surface area contributed by atoms with Gasteiger partial charge in [-0.15, -0.1) is 0 Å². The maximum Gasteiger partial charge on any atom is 0.264 e. The first-order chi connectivity index (χ1) is 15.3. The third-order valence-corrected chi connectivity index (χ3v) is 8.03. The molecular weight excluding hydrogens is 488 g/mol. The van der Waals surface area contributed by atoms with E-state index >= 15 is 0 Å². The highest BCUT2D eigenvalue weighted by molar-refractivity contribution is 9.10. The molecule has 0 aromatic heterocycles. The minimum atomic E-state index is -3.92. The normalized spacial score (nSPS) is 15.6. The molecule has 3 aromatic rings. The second kappa shape index (κ2) is 9.46. The highest BCUT2D eigenvalue weighted by Crippen LogP contribution is 2.30. The molecule has 1 amide bonds. The monoisotopic (exact) mass is 512 g/mol. The Bertz CT molecular complexity index is 1210. The number of anilines is 1. The van der Waals surface area contributed by atoms with Crippen LogP contribution in [0, 0.1) is 6.92 Å². The lowest BCUT2D eigenvalue weighted by Crippen LogP contribution is -2.42. The van der Waals surface area contributed by atoms with Crippen molar-refractivity contribution < 1.29 is 13.2 Å². The van der Waals surface area contributed by atoms with Crippen LogP contribution in [0.4, 0.5) is 5.69 Å². The zero-order valence-corrected chi connectivity index (χ0v) is 20.2. The zero-order valence-electron chi connectivity index (χ0n) is 17.8. The highest BCUT2D eigenvalue weighted by atomic mass is 79.9. The van der Waals surface area contributed by atoms with Crippen molar-refractivity contribution in [2.75, 3.05) is 10.8 Å². The fourth-order valence-electron chi connectivity index (χ4n) is 4.03. The molecule has 4 rings (SSSR count). The number of aryl methyl sites for hydroxylation is 2. The number of sulfonamides is 1. The summed E-state index contributed by atoms with van der Waals surface area (Å²) in [5.41, 5.74) is 3.76. The second-order valence-corrected chi connectivity index (χ2v) is 10.8. The number of carbonyl (C=O) groups is 1. The van der Waals surface area contributed by atoms with Gasteiger partial charge >= 0.3 is 0 Å². The summed E-state index contributed by atoms with van der Waals surface area (Å²) in [6.45, 7) is 1.61. The fraction of sp³-hybridized carbons (Fsp3) is 0.240. The van der Waals surface area contributed by atoms with Gasteiger partial charge in [0.2, 0.25) is 5.91 Å². The topological polar surface area (TPSA) is 66.5 Å². The summed E-state index contributed by atoms with van der Waals surface area (Å²) in [4.78, 5) is 13.2. The van der Waals surface area contributed by atoms with Crippen LogP contribution in [0.25, 0.3) is 0 Å². The first kappa shape index (κ1) is 22.6. The number of hydrogen-bond donors (Lipinski definition) is 1. The second-order valence-electron chi connectivity index (χ2n) is 8.01. The van der Waals surface area contributed by atoms with Gasteiger partial charge in [0.05, 0.1) is 16.6 Å². The first-order valence-corrected chi connectivity index (χ1v) is 12.8. The van der Waals surface area contributed by atoms with E-state index in [-0.39, 0.29) is 23.4 Å². The lowest BCUT2D eigenvalue weighted by atomic mass is 9.88. The Morgan fingerprint density at radius 1 is 1.03 bits per heavy atom. The number of fused-ring (bicyclic) bond motifs is 1. The Morgan fingerprint density at radius 2 is 1.72 bits per heavy atom. The quantitative estimate of drug-likeness (QED) is 0.496. The van der Waals surface area contributed by atoms with E-state index in [0.717, 1.165) is 34.9 Å². The Labute approximate surface area is 197 Å². The molecule has 5 nitrogen and oxygen atoms in total. The maximum absolute atomic E-state index is 13.5. The molecule has 32 heavy (non-hydrogen) atoms. The molecule has 0 aliphatic heterocycles. The fourth-order valence-corrected chi connectivity index (χ4v) is 5.72. The summed E-state index contributed by atoms with van der Waals surface area (Å²) < 4.78 is 29.0. The maximum atomic E-state index is 13.5. The van der Waals surface area contributed by atoms with E-state index in [1.165, 1.54) is 9.87 Å². The van der Waals surface area contributed by atoms with Gasteiger partial charge < -0.3 is 5.32 Å². The summed E-state index contributed by atoms with van der Waals surface area (Å²) in [5.74, 6) is -0.328. The first-order valence-electron chi connectivity index (χ1n) is 10.6. The smallest absolute Gasteiger partial charge is 0.264 e. The van der Waals surface area contributed by atoms with Gasteiger partial charge in [-0.1, -0.05) is 57.9 Å². The molecule has 1 atom stereocenters. The molecule has 1 aliphatic carbocycles. The predicted octanol–water partition coefficient (Wildman–Crippen LogP) is 5.15. The summed E-state index contributed by atoms with van der Waals surface area (Å²) >= 11 is 3.38. The van der Waals surface area contributed by atoms with E-state index in [4.69, 9.17) is 0 Å². The molecule has 3 aromatic carbocycles. The summed E-state index contributed by atoms with van der Waals surface area (Å²) in [6.07, 6.45) is 2.82. The number of nitrogens with zero attached hydrogens (tertiary/aromatic N) is 1. The molecule has 0 saturated heterocycles. The lowest BCUT2D eigenvalue weighted by molar-refractivity contribution is -0.120. The van der Waals surface area contributed by atoms with Crippen molar-refractivity contribution in [3.05, 3.63) is 94.0 Å².